The van der Waals surface area contributed by atoms with E-state index in [1.807, 2.05) is 6.08 Å². The van der Waals surface area contributed by atoms with E-state index in [4.69, 9.17) is 0 Å². The first-order chi connectivity index (χ1) is 19.2. The van der Waals surface area contributed by atoms with Gasteiger partial charge in [0.25, 0.3) is 0 Å². The molecule has 0 aliphatic carbocycles. The molecule has 0 saturated carbocycles. The van der Waals surface area contributed by atoms with E-state index in [9.17, 15) is 15.0 Å². The van der Waals surface area contributed by atoms with Crippen LogP contribution in [0.4, 0.5) is 0 Å². The highest BCUT2D eigenvalue weighted by Gasteiger charge is 2.17. The lowest BCUT2D eigenvalue weighted by Crippen LogP contribution is -2.45. The van der Waals surface area contributed by atoms with E-state index in [1.165, 1.54) is 122 Å². The zero-order valence-corrected chi connectivity index (χ0v) is 26.2. The molecule has 4 nitrogen and oxygen atoms in total. The number of hydrogen-bond acceptors (Lipinski definition) is 3. The van der Waals surface area contributed by atoms with Crippen LogP contribution in [0.3, 0.4) is 0 Å². The summed E-state index contributed by atoms with van der Waals surface area (Å²) < 4.78 is 0. The van der Waals surface area contributed by atoms with Gasteiger partial charge >= 0.3 is 0 Å². The van der Waals surface area contributed by atoms with E-state index in [2.05, 4.69) is 31.3 Å². The van der Waals surface area contributed by atoms with Crippen molar-refractivity contribution in [3.05, 3.63) is 24.3 Å². The highest BCUT2D eigenvalue weighted by Crippen LogP contribution is 2.14. The molecule has 0 radical (unpaired) electrons. The summed E-state index contributed by atoms with van der Waals surface area (Å²) in [5.41, 5.74) is 0. The van der Waals surface area contributed by atoms with E-state index < -0.39 is 12.1 Å². The summed E-state index contributed by atoms with van der Waals surface area (Å²) in [7, 11) is 0. The minimum Gasteiger partial charge on any atom is -0.394 e. The zero-order chi connectivity index (χ0) is 28.7. The van der Waals surface area contributed by atoms with Gasteiger partial charge in [-0.3, -0.25) is 4.79 Å². The quantitative estimate of drug-likeness (QED) is 0.0617. The number of aliphatic hydroxyl groups is 2. The fraction of sp³-hybridized carbons (Fsp3) is 0.857. The van der Waals surface area contributed by atoms with Gasteiger partial charge < -0.3 is 15.5 Å². The van der Waals surface area contributed by atoms with Crippen LogP contribution in [0.2, 0.25) is 0 Å². The van der Waals surface area contributed by atoms with Crippen LogP contribution < -0.4 is 5.32 Å². The summed E-state index contributed by atoms with van der Waals surface area (Å²) in [5.74, 6) is -0.0755. The number of allylic oxidation sites excluding steroid dienone is 3. The average molecular weight is 550 g/mol. The maximum absolute atomic E-state index is 12.3. The molecule has 0 aliphatic rings. The summed E-state index contributed by atoms with van der Waals surface area (Å²) in [6.45, 7) is 4.25. The summed E-state index contributed by atoms with van der Waals surface area (Å²) in [4.78, 5) is 12.3. The molecule has 0 aromatic carbocycles. The monoisotopic (exact) mass is 550 g/mol. The summed E-state index contributed by atoms with van der Waals surface area (Å²) in [6, 6.07) is -0.631. The molecule has 1 amide bonds. The predicted molar refractivity (Wildman–Crippen MR) is 170 cm³/mol. The molecule has 0 aliphatic heterocycles. The number of aliphatic hydroxyl groups excluding tert-OH is 2. The fourth-order valence-corrected chi connectivity index (χ4v) is 5.02. The molecule has 2 atom stereocenters. The number of nitrogens with one attached hydrogen (secondary N) is 1. The van der Waals surface area contributed by atoms with Crippen molar-refractivity contribution in [3.8, 4) is 0 Å². The van der Waals surface area contributed by atoms with Crippen molar-refractivity contribution >= 4 is 5.91 Å². The van der Waals surface area contributed by atoms with Crippen LogP contribution in [0.5, 0.6) is 0 Å². The van der Waals surface area contributed by atoms with Gasteiger partial charge in [0, 0.05) is 6.42 Å². The summed E-state index contributed by atoms with van der Waals surface area (Å²) in [5, 5.41) is 22.7. The molecule has 0 fully saturated rings. The second kappa shape index (κ2) is 31.4. The van der Waals surface area contributed by atoms with Crippen LogP contribution in [-0.2, 0) is 4.79 Å². The molecule has 0 rings (SSSR count). The lowest BCUT2D eigenvalue weighted by molar-refractivity contribution is -0.123. The fourth-order valence-electron chi connectivity index (χ4n) is 5.02. The Balaban J connectivity index is 3.61. The van der Waals surface area contributed by atoms with Crippen LogP contribution in [0.15, 0.2) is 24.3 Å². The van der Waals surface area contributed by atoms with Crippen molar-refractivity contribution in [2.45, 2.75) is 187 Å². The molecule has 0 saturated heterocycles. The largest absolute Gasteiger partial charge is 0.394 e. The summed E-state index contributed by atoms with van der Waals surface area (Å²) >= 11 is 0. The van der Waals surface area contributed by atoms with Gasteiger partial charge in [-0.15, -0.1) is 0 Å². The van der Waals surface area contributed by atoms with Gasteiger partial charge in [-0.25, -0.2) is 0 Å². The van der Waals surface area contributed by atoms with Gasteiger partial charge in [-0.2, -0.15) is 0 Å². The molecular weight excluding hydrogens is 482 g/mol. The maximum Gasteiger partial charge on any atom is 0.220 e. The normalized spacial score (nSPS) is 13.4. The lowest BCUT2D eigenvalue weighted by atomic mass is 10.0. The van der Waals surface area contributed by atoms with E-state index in [1.54, 1.807) is 6.08 Å². The van der Waals surface area contributed by atoms with Crippen molar-refractivity contribution in [2.75, 3.05) is 6.61 Å². The Morgan fingerprint density at radius 3 is 1.49 bits per heavy atom. The summed E-state index contributed by atoms with van der Waals surface area (Å²) in [6.07, 6.45) is 38.3. The predicted octanol–water partition coefficient (Wildman–Crippen LogP) is 9.73. The van der Waals surface area contributed by atoms with Crippen molar-refractivity contribution in [2.24, 2.45) is 0 Å². The number of hydrogen-bond donors (Lipinski definition) is 3. The standard InChI is InChI=1S/C35H67NO3/c1-3-5-7-9-11-13-15-16-17-18-19-20-21-23-25-27-29-31-35(39)36-33(32-37)34(38)30-28-26-24-22-14-12-10-8-6-4-2/h14,22,28,30,33-34,37-38H,3-13,15-21,23-27,29,31-32H2,1-2H3,(H,36,39)/b22-14+,30-28+. The number of carbonyl (C=O) groups excluding carboxylic acids is 1. The molecule has 4 heteroatoms. The molecule has 0 spiro atoms. The van der Waals surface area contributed by atoms with Crippen molar-refractivity contribution in [1.29, 1.82) is 0 Å². The van der Waals surface area contributed by atoms with E-state index >= 15 is 0 Å². The first-order valence-electron chi connectivity index (χ1n) is 17.1. The van der Waals surface area contributed by atoms with Crippen LogP contribution in [0.1, 0.15) is 174 Å². The third-order valence-electron chi connectivity index (χ3n) is 7.69. The smallest absolute Gasteiger partial charge is 0.220 e. The highest BCUT2D eigenvalue weighted by molar-refractivity contribution is 5.76. The van der Waals surface area contributed by atoms with E-state index in [-0.39, 0.29) is 12.5 Å². The van der Waals surface area contributed by atoms with Gasteiger partial charge in [0.2, 0.25) is 5.91 Å². The topological polar surface area (TPSA) is 69.6 Å². The SMILES string of the molecule is CCCCCC/C=C/CC/C=C/C(O)C(CO)NC(=O)CCCCCCCCCCCCCCCCCCC. The third-order valence-corrected chi connectivity index (χ3v) is 7.69. The molecule has 2 unspecified atom stereocenters. The van der Waals surface area contributed by atoms with Gasteiger partial charge in [0.05, 0.1) is 18.8 Å². The maximum atomic E-state index is 12.3. The lowest BCUT2D eigenvalue weighted by Gasteiger charge is -2.19. The molecule has 230 valence electrons. The molecule has 0 aromatic rings. The van der Waals surface area contributed by atoms with Gasteiger partial charge in [-0.1, -0.05) is 160 Å². The number of unbranched alkanes of at least 4 members (excludes halogenated alkanes) is 21. The Morgan fingerprint density at radius 2 is 1.00 bits per heavy atom. The third kappa shape index (κ3) is 28.2. The molecule has 0 aromatic heterocycles. The van der Waals surface area contributed by atoms with Gasteiger partial charge in [0.15, 0.2) is 0 Å². The van der Waals surface area contributed by atoms with Gasteiger partial charge in [0.1, 0.15) is 0 Å². The van der Waals surface area contributed by atoms with E-state index in [0.717, 1.165) is 32.1 Å². The van der Waals surface area contributed by atoms with Crippen LogP contribution in [0.25, 0.3) is 0 Å². The Kier molecular flexibility index (Phi) is 30.5. The van der Waals surface area contributed by atoms with Crippen LogP contribution in [0, 0.1) is 0 Å². The first kappa shape index (κ1) is 37.9. The Morgan fingerprint density at radius 1 is 0.590 bits per heavy atom. The van der Waals surface area contributed by atoms with Gasteiger partial charge in [-0.05, 0) is 32.1 Å². The van der Waals surface area contributed by atoms with Crippen molar-refractivity contribution in [1.82, 2.24) is 5.32 Å². The number of rotatable bonds is 30. The highest BCUT2D eigenvalue weighted by atomic mass is 16.3. The Hall–Kier alpha value is -1.13. The van der Waals surface area contributed by atoms with E-state index in [0.29, 0.717) is 6.42 Å². The van der Waals surface area contributed by atoms with Crippen molar-refractivity contribution < 1.29 is 15.0 Å². The molecule has 0 heterocycles. The Bertz CT molecular complexity index is 560. The molecule has 0 bridgehead atoms. The molecule has 3 N–H and O–H groups in total. The second-order valence-electron chi connectivity index (χ2n) is 11.6. The Labute approximate surface area is 243 Å². The number of carbonyl (C=O) groups is 1. The minimum absolute atomic E-state index is 0.0755. The molecule has 39 heavy (non-hydrogen) atoms. The molecular formula is C35H67NO3. The van der Waals surface area contributed by atoms with Crippen LogP contribution in [-0.4, -0.2) is 34.9 Å². The zero-order valence-electron chi connectivity index (χ0n) is 26.2. The number of amides is 1. The first-order valence-corrected chi connectivity index (χ1v) is 17.1. The van der Waals surface area contributed by atoms with Crippen LogP contribution >= 0.6 is 0 Å². The average Bonchev–Trinajstić information content (AvgIpc) is 2.94. The minimum atomic E-state index is -0.854. The van der Waals surface area contributed by atoms with Crippen molar-refractivity contribution in [3.63, 3.8) is 0 Å². The second-order valence-corrected chi connectivity index (χ2v) is 11.6.